The second-order valence-electron chi connectivity index (χ2n) is 3.45. The summed E-state index contributed by atoms with van der Waals surface area (Å²) in [6.45, 7) is 0.828. The van der Waals surface area contributed by atoms with Crippen LogP contribution in [0.3, 0.4) is 0 Å². The third kappa shape index (κ3) is 1.58. The van der Waals surface area contributed by atoms with Crippen molar-refractivity contribution in [2.45, 2.75) is 12.3 Å². The van der Waals surface area contributed by atoms with Crippen LogP contribution in [0.25, 0.3) is 0 Å². The molecule has 3 nitrogen and oxygen atoms in total. The van der Waals surface area contributed by atoms with Crippen molar-refractivity contribution >= 4 is 11.7 Å². The number of hydrogen-bond acceptors (Lipinski definition) is 3. The van der Waals surface area contributed by atoms with E-state index in [1.807, 2.05) is 18.2 Å². The molecule has 1 aromatic carbocycles. The molecular weight excluding hydrogens is 178 g/mol. The zero-order valence-electron chi connectivity index (χ0n) is 8.12. The van der Waals surface area contributed by atoms with E-state index < -0.39 is 0 Å². The number of fused-ring (bicyclic) bond motifs is 1. The van der Waals surface area contributed by atoms with Gasteiger partial charge in [0.25, 0.3) is 0 Å². The van der Waals surface area contributed by atoms with Crippen LogP contribution in [0.1, 0.15) is 17.9 Å². The Kier molecular flexibility index (Phi) is 2.39. The lowest BCUT2D eigenvalue weighted by molar-refractivity contribution is -0.140. The molecule has 0 spiro atoms. The quantitative estimate of drug-likeness (QED) is 0.724. The maximum absolute atomic E-state index is 11.1. The van der Waals surface area contributed by atoms with E-state index in [0.717, 1.165) is 12.2 Å². The summed E-state index contributed by atoms with van der Waals surface area (Å²) < 4.78 is 4.66. The number of carbonyl (C=O) groups excluding carboxylic acids is 1. The number of anilines is 1. The van der Waals surface area contributed by atoms with Crippen molar-refractivity contribution in [2.75, 3.05) is 19.0 Å². The minimum atomic E-state index is -0.145. The van der Waals surface area contributed by atoms with Gasteiger partial charge in [-0.3, -0.25) is 4.79 Å². The summed E-state index contributed by atoms with van der Waals surface area (Å²) in [5.41, 5.74) is 2.36. The van der Waals surface area contributed by atoms with Crippen LogP contribution in [0.4, 0.5) is 5.69 Å². The number of esters is 1. The molecule has 0 bridgehead atoms. The summed E-state index contributed by atoms with van der Waals surface area (Å²) in [6, 6.07) is 8.08. The van der Waals surface area contributed by atoms with Gasteiger partial charge in [0.05, 0.1) is 13.5 Å². The normalized spacial score (nSPS) is 18.5. The minimum Gasteiger partial charge on any atom is -0.469 e. The van der Waals surface area contributed by atoms with Crippen molar-refractivity contribution in [3.05, 3.63) is 29.8 Å². The number of carbonyl (C=O) groups is 1. The summed E-state index contributed by atoms with van der Waals surface area (Å²) in [6.07, 6.45) is 0.459. The molecule has 1 aliphatic rings. The van der Waals surface area contributed by atoms with Crippen molar-refractivity contribution < 1.29 is 9.53 Å². The van der Waals surface area contributed by atoms with Gasteiger partial charge in [-0.1, -0.05) is 18.2 Å². The van der Waals surface area contributed by atoms with Crippen LogP contribution in [0, 0.1) is 0 Å². The summed E-state index contributed by atoms with van der Waals surface area (Å²) in [4.78, 5) is 11.1. The molecule has 14 heavy (non-hydrogen) atoms. The number of methoxy groups -OCH3 is 1. The van der Waals surface area contributed by atoms with Gasteiger partial charge in [-0.05, 0) is 11.6 Å². The molecule has 1 aliphatic heterocycles. The lowest BCUT2D eigenvalue weighted by Crippen LogP contribution is -2.10. The first-order chi connectivity index (χ1) is 6.81. The summed E-state index contributed by atoms with van der Waals surface area (Å²) in [5.74, 6) is 0.118. The largest absolute Gasteiger partial charge is 0.469 e. The zero-order valence-corrected chi connectivity index (χ0v) is 8.12. The zero-order chi connectivity index (χ0) is 9.97. The predicted molar refractivity (Wildman–Crippen MR) is 54.3 cm³/mol. The molecule has 1 atom stereocenters. The van der Waals surface area contributed by atoms with Crippen molar-refractivity contribution in [1.29, 1.82) is 0 Å². The number of nitrogens with one attached hydrogen (secondary N) is 1. The summed E-state index contributed by atoms with van der Waals surface area (Å²) >= 11 is 0. The van der Waals surface area contributed by atoms with Crippen LogP contribution in [0.15, 0.2) is 24.3 Å². The van der Waals surface area contributed by atoms with E-state index in [0.29, 0.717) is 6.42 Å². The topological polar surface area (TPSA) is 38.3 Å². The standard InChI is InChI=1S/C11H13NO2/c1-14-11(13)6-8-7-12-10-5-3-2-4-9(8)10/h2-5,8,12H,6-7H2,1H3/t8-/m0/s1. The molecular formula is C11H13NO2. The second kappa shape index (κ2) is 3.70. The highest BCUT2D eigenvalue weighted by Gasteiger charge is 2.23. The van der Waals surface area contributed by atoms with Crippen LogP contribution in [0.5, 0.6) is 0 Å². The Morgan fingerprint density at radius 2 is 2.36 bits per heavy atom. The first kappa shape index (κ1) is 9.06. The third-order valence-electron chi connectivity index (χ3n) is 2.58. The highest BCUT2D eigenvalue weighted by atomic mass is 16.5. The highest BCUT2D eigenvalue weighted by Crippen LogP contribution is 2.33. The fourth-order valence-electron chi connectivity index (χ4n) is 1.82. The minimum absolute atomic E-state index is 0.145. The number of rotatable bonds is 2. The predicted octanol–water partition coefficient (Wildman–Crippen LogP) is 1.76. The van der Waals surface area contributed by atoms with Gasteiger partial charge in [0.2, 0.25) is 0 Å². The van der Waals surface area contributed by atoms with Gasteiger partial charge >= 0.3 is 5.97 Å². The summed E-state index contributed by atoms with van der Waals surface area (Å²) in [7, 11) is 1.43. The molecule has 0 unspecified atom stereocenters. The highest BCUT2D eigenvalue weighted by molar-refractivity contribution is 5.72. The van der Waals surface area contributed by atoms with Crippen molar-refractivity contribution in [1.82, 2.24) is 0 Å². The SMILES string of the molecule is COC(=O)C[C@H]1CNc2ccccc21. The third-order valence-corrected chi connectivity index (χ3v) is 2.58. The molecule has 0 saturated carbocycles. The van der Waals surface area contributed by atoms with Gasteiger partial charge in [0.1, 0.15) is 0 Å². The number of hydrogen-bond donors (Lipinski definition) is 1. The van der Waals surface area contributed by atoms with Crippen molar-refractivity contribution in [2.24, 2.45) is 0 Å². The molecule has 0 fully saturated rings. The van der Waals surface area contributed by atoms with Gasteiger partial charge in [0, 0.05) is 18.2 Å². The Morgan fingerprint density at radius 3 is 3.14 bits per heavy atom. The van der Waals surface area contributed by atoms with Gasteiger partial charge < -0.3 is 10.1 Å². The molecule has 2 rings (SSSR count). The lowest BCUT2D eigenvalue weighted by atomic mass is 9.98. The molecule has 74 valence electrons. The van der Waals surface area contributed by atoms with E-state index in [-0.39, 0.29) is 11.9 Å². The number of ether oxygens (including phenoxy) is 1. The summed E-state index contributed by atoms with van der Waals surface area (Å²) in [5, 5.41) is 3.27. The van der Waals surface area contributed by atoms with E-state index in [4.69, 9.17) is 0 Å². The second-order valence-corrected chi connectivity index (χ2v) is 3.45. The first-order valence-corrected chi connectivity index (χ1v) is 4.71. The monoisotopic (exact) mass is 191 g/mol. The van der Waals surface area contributed by atoms with Crippen LogP contribution in [-0.4, -0.2) is 19.6 Å². The molecule has 0 radical (unpaired) electrons. The molecule has 3 heteroatoms. The van der Waals surface area contributed by atoms with E-state index in [1.54, 1.807) is 0 Å². The van der Waals surface area contributed by atoms with E-state index in [9.17, 15) is 4.79 Å². The molecule has 0 saturated heterocycles. The maximum Gasteiger partial charge on any atom is 0.306 e. The van der Waals surface area contributed by atoms with E-state index >= 15 is 0 Å². The van der Waals surface area contributed by atoms with Gasteiger partial charge in [0.15, 0.2) is 0 Å². The maximum atomic E-state index is 11.1. The number of para-hydroxylation sites is 1. The van der Waals surface area contributed by atoms with Crippen LogP contribution in [-0.2, 0) is 9.53 Å². The molecule has 1 aromatic rings. The average molecular weight is 191 g/mol. The van der Waals surface area contributed by atoms with Gasteiger partial charge in [-0.25, -0.2) is 0 Å². The smallest absolute Gasteiger partial charge is 0.306 e. The lowest BCUT2D eigenvalue weighted by Gasteiger charge is -2.07. The van der Waals surface area contributed by atoms with Gasteiger partial charge in [-0.15, -0.1) is 0 Å². The van der Waals surface area contributed by atoms with Crippen molar-refractivity contribution in [3.63, 3.8) is 0 Å². The molecule has 1 heterocycles. The molecule has 0 aliphatic carbocycles. The van der Waals surface area contributed by atoms with E-state index in [2.05, 4.69) is 16.1 Å². The Bertz CT molecular complexity index is 349. The Balaban J connectivity index is 2.14. The fraction of sp³-hybridized carbons (Fsp3) is 0.364. The fourth-order valence-corrected chi connectivity index (χ4v) is 1.82. The number of benzene rings is 1. The molecule has 0 amide bonds. The van der Waals surface area contributed by atoms with Crippen LogP contribution < -0.4 is 5.32 Å². The first-order valence-electron chi connectivity index (χ1n) is 4.71. The van der Waals surface area contributed by atoms with Crippen molar-refractivity contribution in [3.8, 4) is 0 Å². The Hall–Kier alpha value is -1.51. The molecule has 1 N–H and O–H groups in total. The Labute approximate surface area is 83.1 Å². The molecule has 0 aromatic heterocycles. The van der Waals surface area contributed by atoms with Gasteiger partial charge in [-0.2, -0.15) is 0 Å². The van der Waals surface area contributed by atoms with Crippen LogP contribution >= 0.6 is 0 Å². The average Bonchev–Trinajstić information content (AvgIpc) is 2.62. The van der Waals surface area contributed by atoms with Crippen LogP contribution in [0.2, 0.25) is 0 Å². The Morgan fingerprint density at radius 1 is 1.57 bits per heavy atom. The van der Waals surface area contributed by atoms with E-state index in [1.165, 1.54) is 12.7 Å².